The third-order valence-corrected chi connectivity index (χ3v) is 5.22. The molecule has 3 rings (SSSR count). The molecule has 188 valence electrons. The number of nitrogens with one attached hydrogen (secondary N) is 3. The zero-order valence-electron chi connectivity index (χ0n) is 20.7. The van der Waals surface area contributed by atoms with Crippen molar-refractivity contribution in [3.63, 3.8) is 0 Å². The van der Waals surface area contributed by atoms with E-state index in [0.29, 0.717) is 35.5 Å². The van der Waals surface area contributed by atoms with Crippen molar-refractivity contribution in [2.24, 2.45) is 5.92 Å². The minimum absolute atomic E-state index is 0.0381. The molecule has 2 aromatic heterocycles. The van der Waals surface area contributed by atoms with Gasteiger partial charge in [0.2, 0.25) is 11.8 Å². The van der Waals surface area contributed by atoms with E-state index in [4.69, 9.17) is 4.74 Å². The van der Waals surface area contributed by atoms with Gasteiger partial charge in [-0.25, -0.2) is 14.4 Å². The molecule has 36 heavy (non-hydrogen) atoms. The molecule has 0 radical (unpaired) electrons. The van der Waals surface area contributed by atoms with Gasteiger partial charge in [0, 0.05) is 36.7 Å². The largest absolute Gasteiger partial charge is 0.477 e. The lowest BCUT2D eigenvalue weighted by Crippen LogP contribution is -2.18. The summed E-state index contributed by atoms with van der Waals surface area (Å²) in [5.41, 5.74) is 2.73. The van der Waals surface area contributed by atoms with Crippen LogP contribution in [0.25, 0.3) is 0 Å². The van der Waals surface area contributed by atoms with E-state index >= 15 is 0 Å². The second-order valence-corrected chi connectivity index (χ2v) is 8.33. The highest BCUT2D eigenvalue weighted by Gasteiger charge is 2.10. The van der Waals surface area contributed by atoms with Gasteiger partial charge in [-0.3, -0.25) is 0 Å². The van der Waals surface area contributed by atoms with E-state index in [9.17, 15) is 4.39 Å². The van der Waals surface area contributed by atoms with Gasteiger partial charge in [-0.05, 0) is 48.9 Å². The first kappa shape index (κ1) is 26.2. The molecule has 0 aliphatic heterocycles. The first-order valence-electron chi connectivity index (χ1n) is 11.5. The first-order chi connectivity index (χ1) is 17.4. The summed E-state index contributed by atoms with van der Waals surface area (Å²) in [7, 11) is 2.00. The Balaban J connectivity index is 1.59. The number of anilines is 5. The van der Waals surface area contributed by atoms with E-state index in [2.05, 4.69) is 57.6 Å². The number of nitrogens with zero attached hydrogens (tertiary/aromatic N) is 4. The summed E-state index contributed by atoms with van der Waals surface area (Å²) in [5, 5.41) is 9.11. The van der Waals surface area contributed by atoms with E-state index < -0.39 is 5.82 Å². The summed E-state index contributed by atoms with van der Waals surface area (Å²) in [5.74, 6) is 0.590. The van der Waals surface area contributed by atoms with E-state index in [-0.39, 0.29) is 11.8 Å². The van der Waals surface area contributed by atoms with Crippen LogP contribution < -0.4 is 20.7 Å². The van der Waals surface area contributed by atoms with Crippen LogP contribution in [0.4, 0.5) is 33.2 Å². The maximum absolute atomic E-state index is 14.4. The van der Waals surface area contributed by atoms with Gasteiger partial charge in [0.05, 0.1) is 24.7 Å². The maximum Gasteiger partial charge on any atom is 0.229 e. The van der Waals surface area contributed by atoms with Crippen LogP contribution in [0.2, 0.25) is 0 Å². The molecule has 0 saturated carbocycles. The summed E-state index contributed by atoms with van der Waals surface area (Å²) < 4.78 is 20.2. The van der Waals surface area contributed by atoms with Gasteiger partial charge in [-0.15, -0.1) is 0 Å². The Hall–Kier alpha value is -4.40. The standard InChI is InChI=1S/C27H32FN7O/c1-6-20(4)31-21-9-8-10-22(15-21)32-26-24(28)17-30-27(34-26)33-23-11-12-25(29-16-23)36-18-19(3)13-14-35(5)7-2/h6-12,15-17,19,31H,1-2,4,13-14,18H2,3,5H3,(H2,30,32,33,34). The van der Waals surface area contributed by atoms with Crippen molar-refractivity contribution in [3.05, 3.63) is 92.3 Å². The average molecular weight is 490 g/mol. The monoisotopic (exact) mass is 489 g/mol. The van der Waals surface area contributed by atoms with Crippen LogP contribution in [-0.4, -0.2) is 40.1 Å². The number of hydrogen-bond donors (Lipinski definition) is 3. The van der Waals surface area contributed by atoms with Crippen molar-refractivity contribution < 1.29 is 9.13 Å². The molecule has 0 saturated heterocycles. The number of rotatable bonds is 14. The van der Waals surface area contributed by atoms with Crippen LogP contribution in [0, 0.1) is 11.7 Å². The van der Waals surface area contributed by atoms with Crippen LogP contribution in [0.1, 0.15) is 13.3 Å². The average Bonchev–Trinajstić information content (AvgIpc) is 2.89. The van der Waals surface area contributed by atoms with Crippen molar-refractivity contribution in [2.45, 2.75) is 13.3 Å². The van der Waals surface area contributed by atoms with Gasteiger partial charge in [-0.2, -0.15) is 4.98 Å². The second kappa shape index (κ2) is 12.9. The molecule has 0 spiro atoms. The smallest absolute Gasteiger partial charge is 0.229 e. The van der Waals surface area contributed by atoms with E-state index in [1.807, 2.05) is 36.3 Å². The number of aromatic nitrogens is 3. The molecule has 2 heterocycles. The van der Waals surface area contributed by atoms with Crippen LogP contribution >= 0.6 is 0 Å². The van der Waals surface area contributed by atoms with Crippen molar-refractivity contribution in [1.29, 1.82) is 0 Å². The maximum atomic E-state index is 14.4. The van der Waals surface area contributed by atoms with Crippen LogP contribution in [0.15, 0.2) is 86.5 Å². The summed E-state index contributed by atoms with van der Waals surface area (Å²) in [4.78, 5) is 14.7. The fourth-order valence-electron chi connectivity index (χ4n) is 3.06. The quantitative estimate of drug-likeness (QED) is 0.235. The predicted molar refractivity (Wildman–Crippen MR) is 144 cm³/mol. The molecule has 0 amide bonds. The zero-order valence-corrected chi connectivity index (χ0v) is 20.7. The molecular weight excluding hydrogens is 457 g/mol. The third-order valence-electron chi connectivity index (χ3n) is 5.22. The minimum Gasteiger partial charge on any atom is -0.477 e. The van der Waals surface area contributed by atoms with Crippen molar-refractivity contribution >= 4 is 28.8 Å². The molecule has 0 aliphatic rings. The second-order valence-electron chi connectivity index (χ2n) is 8.33. The van der Waals surface area contributed by atoms with Gasteiger partial charge in [0.1, 0.15) is 0 Å². The number of allylic oxidation sites excluding steroid dienone is 1. The lowest BCUT2D eigenvalue weighted by molar-refractivity contribution is 0.234. The number of hydrogen-bond acceptors (Lipinski definition) is 8. The fraction of sp³-hybridized carbons (Fsp3) is 0.222. The SMILES string of the molecule is C=CC(=C)Nc1cccc(Nc2nc(Nc3ccc(OCC(C)CCN(C)C=C)nc3)ncc2F)c1. The Morgan fingerprint density at radius 3 is 2.64 bits per heavy atom. The van der Waals surface area contributed by atoms with Gasteiger partial charge in [0.15, 0.2) is 11.6 Å². The normalized spacial score (nSPS) is 11.2. The van der Waals surface area contributed by atoms with Crippen LogP contribution in [0.3, 0.4) is 0 Å². The van der Waals surface area contributed by atoms with Crippen molar-refractivity contribution in [3.8, 4) is 5.88 Å². The van der Waals surface area contributed by atoms with E-state index in [1.165, 1.54) is 0 Å². The fourth-order valence-corrected chi connectivity index (χ4v) is 3.06. The van der Waals surface area contributed by atoms with E-state index in [0.717, 1.165) is 24.8 Å². The number of pyridine rings is 1. The highest BCUT2D eigenvalue weighted by atomic mass is 19.1. The molecule has 0 bridgehead atoms. The zero-order chi connectivity index (χ0) is 25.9. The molecule has 1 unspecified atom stereocenters. The van der Waals surface area contributed by atoms with Crippen LogP contribution in [-0.2, 0) is 0 Å². The Labute approximate surface area is 211 Å². The van der Waals surface area contributed by atoms with E-state index in [1.54, 1.807) is 30.5 Å². The number of halogens is 1. The number of benzene rings is 1. The first-order valence-corrected chi connectivity index (χ1v) is 11.5. The predicted octanol–water partition coefficient (Wildman–Crippen LogP) is 6.09. The summed E-state index contributed by atoms with van der Waals surface area (Å²) in [6.45, 7) is 14.9. The van der Waals surface area contributed by atoms with Gasteiger partial charge in [-0.1, -0.05) is 32.7 Å². The van der Waals surface area contributed by atoms with Gasteiger partial charge >= 0.3 is 0 Å². The molecule has 1 aromatic carbocycles. The molecule has 0 aliphatic carbocycles. The summed E-state index contributed by atoms with van der Waals surface area (Å²) >= 11 is 0. The molecular formula is C27H32FN7O. The Kier molecular flexibility index (Phi) is 9.39. The molecule has 8 nitrogen and oxygen atoms in total. The molecule has 9 heteroatoms. The Morgan fingerprint density at radius 1 is 1.11 bits per heavy atom. The Morgan fingerprint density at radius 2 is 1.92 bits per heavy atom. The van der Waals surface area contributed by atoms with Crippen LogP contribution in [0.5, 0.6) is 5.88 Å². The summed E-state index contributed by atoms with van der Waals surface area (Å²) in [6.07, 6.45) is 7.14. The highest BCUT2D eigenvalue weighted by Crippen LogP contribution is 2.23. The summed E-state index contributed by atoms with van der Waals surface area (Å²) in [6, 6.07) is 10.9. The van der Waals surface area contributed by atoms with Crippen molar-refractivity contribution in [1.82, 2.24) is 19.9 Å². The lowest BCUT2D eigenvalue weighted by atomic mass is 10.1. The molecule has 1 atom stereocenters. The topological polar surface area (TPSA) is 87.2 Å². The lowest BCUT2D eigenvalue weighted by Gasteiger charge is -2.17. The Bertz CT molecular complexity index is 1180. The molecule has 0 fully saturated rings. The third kappa shape index (κ3) is 8.12. The minimum atomic E-state index is -0.579. The molecule has 3 N–H and O–H groups in total. The van der Waals surface area contributed by atoms with Crippen molar-refractivity contribution in [2.75, 3.05) is 36.1 Å². The van der Waals surface area contributed by atoms with Gasteiger partial charge in [0.25, 0.3) is 0 Å². The highest BCUT2D eigenvalue weighted by molar-refractivity contribution is 5.65. The number of ether oxygens (including phenoxy) is 1. The molecule has 3 aromatic rings. The van der Waals surface area contributed by atoms with Gasteiger partial charge < -0.3 is 25.6 Å².